The third-order valence-electron chi connectivity index (χ3n) is 3.18. The number of ether oxygens (including phenoxy) is 1. The molecule has 0 fully saturated rings. The zero-order valence-corrected chi connectivity index (χ0v) is 12.5. The van der Waals surface area contributed by atoms with Crippen LogP contribution in [0.5, 0.6) is 5.75 Å². The largest absolute Gasteiger partial charge is 0.502 e. The number of carboxylic acid groups (broad SMARTS) is 1. The van der Waals surface area contributed by atoms with Crippen LogP contribution in [-0.4, -0.2) is 27.0 Å². The zero-order valence-electron chi connectivity index (χ0n) is 12.5. The van der Waals surface area contributed by atoms with Crippen molar-refractivity contribution in [3.05, 3.63) is 47.6 Å². The predicted octanol–water partition coefficient (Wildman–Crippen LogP) is 3.69. The van der Waals surface area contributed by atoms with E-state index >= 15 is 0 Å². The summed E-state index contributed by atoms with van der Waals surface area (Å²) in [6.07, 6.45) is 4.65. The molecular weight excluding hydrogens is 282 g/mol. The van der Waals surface area contributed by atoms with E-state index in [-0.39, 0.29) is 11.7 Å². The Morgan fingerprint density at radius 2 is 2.32 bits per heavy atom. The molecule has 0 amide bonds. The number of carbonyl (C=O) groups is 1. The van der Waals surface area contributed by atoms with Crippen molar-refractivity contribution in [2.75, 3.05) is 0 Å². The Bertz CT molecular complexity index is 716. The number of hydrogen-bond acceptors (Lipinski definition) is 3. The molecule has 1 N–H and O–H groups in total. The van der Waals surface area contributed by atoms with E-state index in [9.17, 15) is 4.79 Å². The molecule has 2 aromatic rings. The first-order chi connectivity index (χ1) is 10.5. The van der Waals surface area contributed by atoms with Gasteiger partial charge in [-0.25, -0.2) is 14.3 Å². The van der Waals surface area contributed by atoms with Crippen LogP contribution in [-0.2, 0) is 0 Å². The van der Waals surface area contributed by atoms with Crippen LogP contribution in [0.4, 0.5) is 5.69 Å². The van der Waals surface area contributed by atoms with Crippen LogP contribution in [0.2, 0.25) is 0 Å². The van der Waals surface area contributed by atoms with E-state index in [2.05, 4.69) is 16.9 Å². The number of rotatable bonds is 6. The topological polar surface area (TPSA) is 68.7 Å². The molecular formula is C16H17N3O3. The van der Waals surface area contributed by atoms with Crippen LogP contribution in [0.15, 0.2) is 30.6 Å². The molecule has 0 saturated carbocycles. The van der Waals surface area contributed by atoms with Gasteiger partial charge in [-0.3, -0.25) is 0 Å². The van der Waals surface area contributed by atoms with Crippen molar-refractivity contribution in [2.45, 2.75) is 32.8 Å². The summed E-state index contributed by atoms with van der Waals surface area (Å²) in [5, 5.41) is 12.9. The summed E-state index contributed by atoms with van der Waals surface area (Å²) in [4.78, 5) is 14.4. The standard InChI is InChI=1S/C16H17N3O3/c1-4-5-11(2)22-15-7-6-13(8-14(15)17-3)19-10-12(9-18-19)16(20)21/h6-11H,4-5H2,1-2H3,(H,20,21). The van der Waals surface area contributed by atoms with Crippen LogP contribution >= 0.6 is 0 Å². The molecule has 0 bridgehead atoms. The molecule has 114 valence electrons. The van der Waals surface area contributed by atoms with Gasteiger partial charge in [0.2, 0.25) is 5.69 Å². The molecule has 1 unspecified atom stereocenters. The number of aromatic nitrogens is 2. The maximum absolute atomic E-state index is 10.9. The lowest BCUT2D eigenvalue weighted by Gasteiger charge is -2.15. The minimum Gasteiger partial charge on any atom is -0.502 e. The summed E-state index contributed by atoms with van der Waals surface area (Å²) in [5.41, 5.74) is 1.10. The maximum Gasteiger partial charge on any atom is 0.338 e. The molecule has 0 saturated heterocycles. The second-order valence-corrected chi connectivity index (χ2v) is 4.96. The molecule has 2 rings (SSSR count). The van der Waals surface area contributed by atoms with E-state index < -0.39 is 5.97 Å². The van der Waals surface area contributed by atoms with Gasteiger partial charge in [-0.15, -0.1) is 0 Å². The van der Waals surface area contributed by atoms with Crippen LogP contribution in [0.3, 0.4) is 0 Å². The summed E-state index contributed by atoms with van der Waals surface area (Å²) in [6, 6.07) is 5.11. The van der Waals surface area contributed by atoms with Crippen molar-refractivity contribution >= 4 is 11.7 Å². The van der Waals surface area contributed by atoms with Crippen molar-refractivity contribution in [3.63, 3.8) is 0 Å². The first kappa shape index (κ1) is 15.6. The van der Waals surface area contributed by atoms with Gasteiger partial charge in [-0.05, 0) is 31.5 Å². The van der Waals surface area contributed by atoms with Crippen LogP contribution in [0, 0.1) is 6.57 Å². The number of hydrogen-bond donors (Lipinski definition) is 1. The van der Waals surface area contributed by atoms with Gasteiger partial charge in [0.1, 0.15) is 5.75 Å². The first-order valence-electron chi connectivity index (χ1n) is 7.01. The average Bonchev–Trinajstić information content (AvgIpc) is 2.98. The minimum absolute atomic E-state index is 0.0414. The molecule has 1 aromatic heterocycles. The summed E-state index contributed by atoms with van der Waals surface area (Å²) in [5.74, 6) is -0.504. The van der Waals surface area contributed by atoms with Crippen molar-refractivity contribution < 1.29 is 14.6 Å². The minimum atomic E-state index is -1.04. The maximum atomic E-state index is 10.9. The lowest BCUT2D eigenvalue weighted by Crippen LogP contribution is -2.11. The second kappa shape index (κ2) is 6.76. The Morgan fingerprint density at radius 3 is 2.91 bits per heavy atom. The molecule has 6 heteroatoms. The van der Waals surface area contributed by atoms with Crippen LogP contribution in [0.1, 0.15) is 37.0 Å². The highest BCUT2D eigenvalue weighted by molar-refractivity contribution is 5.87. The number of benzene rings is 1. The molecule has 22 heavy (non-hydrogen) atoms. The van der Waals surface area contributed by atoms with E-state index in [1.807, 2.05) is 6.92 Å². The van der Waals surface area contributed by atoms with Crippen molar-refractivity contribution in [3.8, 4) is 11.4 Å². The number of nitrogens with zero attached hydrogens (tertiary/aromatic N) is 3. The average molecular weight is 299 g/mol. The summed E-state index contributed by atoms with van der Waals surface area (Å²) in [6.45, 7) is 11.3. The molecule has 6 nitrogen and oxygen atoms in total. The van der Waals surface area contributed by atoms with Crippen LogP contribution < -0.4 is 4.74 Å². The Hall–Kier alpha value is -2.81. The SMILES string of the molecule is [C-]#[N+]c1cc(-n2cc(C(=O)O)cn2)ccc1OC(C)CCC. The fourth-order valence-electron chi connectivity index (χ4n) is 2.09. The highest BCUT2D eigenvalue weighted by Crippen LogP contribution is 2.31. The number of aromatic carboxylic acids is 1. The molecule has 1 heterocycles. The van der Waals surface area contributed by atoms with Crippen molar-refractivity contribution in [1.82, 2.24) is 9.78 Å². The monoisotopic (exact) mass is 299 g/mol. The molecule has 0 aliphatic carbocycles. The lowest BCUT2D eigenvalue weighted by atomic mass is 10.2. The fourth-order valence-corrected chi connectivity index (χ4v) is 2.09. The summed E-state index contributed by atoms with van der Waals surface area (Å²) < 4.78 is 7.20. The molecule has 1 aromatic carbocycles. The Morgan fingerprint density at radius 1 is 1.55 bits per heavy atom. The molecule has 0 radical (unpaired) electrons. The molecule has 0 spiro atoms. The fraction of sp³-hybridized carbons (Fsp3) is 0.312. The van der Waals surface area contributed by atoms with Gasteiger partial charge < -0.3 is 9.84 Å². The van der Waals surface area contributed by atoms with Crippen molar-refractivity contribution in [2.24, 2.45) is 0 Å². The molecule has 1 atom stereocenters. The van der Waals surface area contributed by atoms with Gasteiger partial charge in [0.25, 0.3) is 0 Å². The van der Waals surface area contributed by atoms with Gasteiger partial charge in [-0.1, -0.05) is 13.3 Å². The second-order valence-electron chi connectivity index (χ2n) is 4.96. The smallest absolute Gasteiger partial charge is 0.338 e. The third-order valence-corrected chi connectivity index (χ3v) is 3.18. The van der Waals surface area contributed by atoms with E-state index in [0.29, 0.717) is 17.1 Å². The highest BCUT2D eigenvalue weighted by Gasteiger charge is 2.12. The Balaban J connectivity index is 2.28. The first-order valence-corrected chi connectivity index (χ1v) is 7.01. The normalized spacial score (nSPS) is 11.7. The van der Waals surface area contributed by atoms with Gasteiger partial charge in [0.05, 0.1) is 30.1 Å². The van der Waals surface area contributed by atoms with E-state index in [1.165, 1.54) is 17.1 Å². The Kier molecular flexibility index (Phi) is 4.79. The van der Waals surface area contributed by atoms with Gasteiger partial charge in [0, 0.05) is 6.20 Å². The third kappa shape index (κ3) is 3.44. The van der Waals surface area contributed by atoms with E-state index in [4.69, 9.17) is 16.4 Å². The van der Waals surface area contributed by atoms with Crippen molar-refractivity contribution in [1.29, 1.82) is 0 Å². The Labute approximate surface area is 128 Å². The summed E-state index contributed by atoms with van der Waals surface area (Å²) >= 11 is 0. The molecule has 0 aliphatic heterocycles. The molecule has 0 aliphatic rings. The zero-order chi connectivity index (χ0) is 16.1. The van der Waals surface area contributed by atoms with Gasteiger partial charge >= 0.3 is 5.97 Å². The van der Waals surface area contributed by atoms with Gasteiger partial charge in [-0.2, -0.15) is 5.10 Å². The highest BCUT2D eigenvalue weighted by atomic mass is 16.5. The predicted molar refractivity (Wildman–Crippen MR) is 81.8 cm³/mol. The number of carboxylic acids is 1. The van der Waals surface area contributed by atoms with Crippen LogP contribution in [0.25, 0.3) is 10.5 Å². The van der Waals surface area contributed by atoms with E-state index in [1.54, 1.807) is 18.2 Å². The van der Waals surface area contributed by atoms with E-state index in [0.717, 1.165) is 12.8 Å². The summed E-state index contributed by atoms with van der Waals surface area (Å²) in [7, 11) is 0. The quantitative estimate of drug-likeness (QED) is 0.826. The van der Waals surface area contributed by atoms with Gasteiger partial charge in [0.15, 0.2) is 0 Å². The lowest BCUT2D eigenvalue weighted by molar-refractivity contribution is 0.0697.